The molecule has 1 nitrogen and oxygen atoms in total. The summed E-state index contributed by atoms with van der Waals surface area (Å²) < 4.78 is 0. The van der Waals surface area contributed by atoms with Crippen molar-refractivity contribution in [2.24, 2.45) is 10.8 Å². The van der Waals surface area contributed by atoms with Gasteiger partial charge < -0.3 is 0 Å². The third kappa shape index (κ3) is 5.09. The fraction of sp³-hybridized carbons (Fsp3) is 0.391. The summed E-state index contributed by atoms with van der Waals surface area (Å²) in [7, 11) is 0. The fourth-order valence-corrected chi connectivity index (χ4v) is 3.40. The van der Waals surface area contributed by atoms with Gasteiger partial charge in [0.15, 0.2) is 5.78 Å². The van der Waals surface area contributed by atoms with Crippen LogP contribution in [0, 0.1) is 10.8 Å². The Morgan fingerprint density at radius 1 is 0.760 bits per heavy atom. The summed E-state index contributed by atoms with van der Waals surface area (Å²) in [4.78, 5) is 13.8. The molecule has 0 aliphatic rings. The van der Waals surface area contributed by atoms with E-state index in [0.717, 1.165) is 35.3 Å². The highest BCUT2D eigenvalue weighted by molar-refractivity contribution is 7.81. The average molecular weight is 353 g/mol. The summed E-state index contributed by atoms with van der Waals surface area (Å²) >= 11 is 5.72. The van der Waals surface area contributed by atoms with Crippen LogP contribution in [-0.4, -0.2) is 10.6 Å². The van der Waals surface area contributed by atoms with Crippen LogP contribution in [0.15, 0.2) is 60.7 Å². The Kier molecular flexibility index (Phi) is 6.29. The average Bonchev–Trinajstić information content (AvgIpc) is 2.61. The minimum absolute atomic E-state index is 0.0530. The highest BCUT2D eigenvalue weighted by atomic mass is 32.1. The zero-order chi connectivity index (χ0) is 18.5. The van der Waals surface area contributed by atoms with E-state index in [1.54, 1.807) is 0 Å². The van der Waals surface area contributed by atoms with Crippen molar-refractivity contribution < 1.29 is 4.79 Å². The van der Waals surface area contributed by atoms with Gasteiger partial charge in [0.2, 0.25) is 0 Å². The van der Waals surface area contributed by atoms with Gasteiger partial charge in [-0.1, -0.05) is 107 Å². The Morgan fingerprint density at radius 2 is 1.20 bits per heavy atom. The number of rotatable bonds is 8. The first-order chi connectivity index (χ1) is 11.7. The summed E-state index contributed by atoms with van der Waals surface area (Å²) in [6, 6.07) is 19.8. The molecule has 25 heavy (non-hydrogen) atoms. The minimum atomic E-state index is -0.355. The van der Waals surface area contributed by atoms with E-state index in [1.807, 2.05) is 62.4 Å². The summed E-state index contributed by atoms with van der Waals surface area (Å²) in [5.74, 6) is 0.219. The van der Waals surface area contributed by atoms with Crippen LogP contribution in [0.25, 0.3) is 0 Å². The fourth-order valence-electron chi connectivity index (χ4n) is 3.16. The topological polar surface area (TPSA) is 17.1 Å². The highest BCUT2D eigenvalue weighted by Gasteiger charge is 2.30. The van der Waals surface area contributed by atoms with Gasteiger partial charge in [-0.15, -0.1) is 0 Å². The summed E-state index contributed by atoms with van der Waals surface area (Å²) in [5.41, 5.74) is 1.52. The summed E-state index contributed by atoms with van der Waals surface area (Å²) in [6.07, 6.45) is 2.82. The summed E-state index contributed by atoms with van der Waals surface area (Å²) in [6.45, 7) is 8.50. The van der Waals surface area contributed by atoms with E-state index < -0.39 is 0 Å². The Morgan fingerprint density at radius 3 is 1.72 bits per heavy atom. The molecule has 0 N–H and O–H groups in total. The molecule has 0 heterocycles. The molecule has 0 saturated heterocycles. The van der Waals surface area contributed by atoms with Gasteiger partial charge in [0, 0.05) is 21.3 Å². The van der Waals surface area contributed by atoms with E-state index in [2.05, 4.69) is 26.0 Å². The van der Waals surface area contributed by atoms with Crippen LogP contribution >= 0.6 is 12.2 Å². The van der Waals surface area contributed by atoms with Gasteiger partial charge in [-0.05, 0) is 18.4 Å². The molecule has 2 aromatic rings. The Hall–Kier alpha value is -1.80. The molecule has 132 valence electrons. The summed E-state index contributed by atoms with van der Waals surface area (Å²) in [5, 5.41) is 0. The largest absolute Gasteiger partial charge is 0.294 e. The number of thiocarbonyl (C=S) groups is 1. The van der Waals surface area contributed by atoms with Crippen LogP contribution in [0.1, 0.15) is 62.9 Å². The van der Waals surface area contributed by atoms with Crippen molar-refractivity contribution in [3.63, 3.8) is 0 Å². The van der Waals surface area contributed by atoms with Crippen LogP contribution in [0.4, 0.5) is 0 Å². The van der Waals surface area contributed by atoms with Crippen molar-refractivity contribution in [1.82, 2.24) is 0 Å². The normalized spacial score (nSPS) is 12.0. The van der Waals surface area contributed by atoms with Crippen LogP contribution in [0.2, 0.25) is 0 Å². The maximum Gasteiger partial charge on any atom is 0.168 e. The van der Waals surface area contributed by atoms with E-state index in [1.165, 1.54) is 0 Å². The SMILES string of the molecule is CC(C)(CCCC(C)(C)C(=S)c1ccccc1)C(=O)c1ccccc1. The maximum atomic E-state index is 12.8. The molecule has 0 atom stereocenters. The molecule has 0 aromatic heterocycles. The molecule has 0 aliphatic carbocycles. The zero-order valence-electron chi connectivity index (χ0n) is 15.7. The van der Waals surface area contributed by atoms with E-state index in [-0.39, 0.29) is 16.6 Å². The van der Waals surface area contributed by atoms with Crippen molar-refractivity contribution in [2.45, 2.75) is 47.0 Å². The van der Waals surface area contributed by atoms with Gasteiger partial charge in [-0.3, -0.25) is 4.79 Å². The number of hydrogen-bond donors (Lipinski definition) is 0. The molecule has 2 rings (SSSR count). The smallest absolute Gasteiger partial charge is 0.168 e. The molecular formula is C23H28OS. The third-order valence-electron chi connectivity index (χ3n) is 4.90. The van der Waals surface area contributed by atoms with Crippen LogP contribution < -0.4 is 0 Å². The van der Waals surface area contributed by atoms with Gasteiger partial charge in [-0.2, -0.15) is 0 Å². The third-order valence-corrected chi connectivity index (χ3v) is 5.69. The first-order valence-electron chi connectivity index (χ1n) is 8.94. The lowest BCUT2D eigenvalue weighted by molar-refractivity contribution is 0.0820. The molecule has 0 amide bonds. The number of carbonyl (C=O) groups excluding carboxylic acids is 1. The van der Waals surface area contributed by atoms with Crippen LogP contribution in [0.3, 0.4) is 0 Å². The lowest BCUT2D eigenvalue weighted by Gasteiger charge is -2.29. The minimum Gasteiger partial charge on any atom is -0.294 e. The maximum absolute atomic E-state index is 12.8. The molecule has 2 heteroatoms. The lowest BCUT2D eigenvalue weighted by Crippen LogP contribution is -2.27. The Labute approximate surface area is 157 Å². The van der Waals surface area contributed by atoms with Crippen molar-refractivity contribution >= 4 is 22.9 Å². The quantitative estimate of drug-likeness (QED) is 0.398. The van der Waals surface area contributed by atoms with Crippen LogP contribution in [0.5, 0.6) is 0 Å². The van der Waals surface area contributed by atoms with E-state index in [0.29, 0.717) is 0 Å². The number of carbonyl (C=O) groups is 1. The van der Waals surface area contributed by atoms with Crippen molar-refractivity contribution in [3.05, 3.63) is 71.8 Å². The predicted octanol–water partition coefficient (Wildman–Crippen LogP) is 6.51. The van der Waals surface area contributed by atoms with E-state index in [4.69, 9.17) is 12.2 Å². The van der Waals surface area contributed by atoms with Gasteiger partial charge in [0.05, 0.1) is 0 Å². The molecule has 0 saturated carbocycles. The molecular weight excluding hydrogens is 324 g/mol. The van der Waals surface area contributed by atoms with Crippen LogP contribution in [-0.2, 0) is 0 Å². The Balaban J connectivity index is 1.96. The first kappa shape index (κ1) is 19.5. The van der Waals surface area contributed by atoms with E-state index >= 15 is 0 Å². The molecule has 0 bridgehead atoms. The van der Waals surface area contributed by atoms with Crippen molar-refractivity contribution in [1.29, 1.82) is 0 Å². The second-order valence-electron chi connectivity index (χ2n) is 8.01. The molecule has 2 aromatic carbocycles. The van der Waals surface area contributed by atoms with Crippen molar-refractivity contribution in [3.8, 4) is 0 Å². The number of benzene rings is 2. The highest BCUT2D eigenvalue weighted by Crippen LogP contribution is 2.34. The van der Waals surface area contributed by atoms with Crippen molar-refractivity contribution in [2.75, 3.05) is 0 Å². The molecule has 0 spiro atoms. The zero-order valence-corrected chi connectivity index (χ0v) is 16.5. The monoisotopic (exact) mass is 352 g/mol. The lowest BCUT2D eigenvalue weighted by atomic mass is 9.75. The predicted molar refractivity (Wildman–Crippen MR) is 110 cm³/mol. The van der Waals surface area contributed by atoms with E-state index in [9.17, 15) is 4.79 Å². The molecule has 0 aliphatic heterocycles. The molecule has 0 fully saturated rings. The van der Waals surface area contributed by atoms with Gasteiger partial charge in [-0.25, -0.2) is 0 Å². The second kappa shape index (κ2) is 8.05. The number of ketones is 1. The first-order valence-corrected chi connectivity index (χ1v) is 9.34. The number of hydrogen-bond acceptors (Lipinski definition) is 2. The van der Waals surface area contributed by atoms with Gasteiger partial charge in [0.25, 0.3) is 0 Å². The van der Waals surface area contributed by atoms with Gasteiger partial charge >= 0.3 is 0 Å². The Bertz CT molecular complexity index is 651. The second-order valence-corrected chi connectivity index (χ2v) is 8.42. The number of Topliss-reactive ketones (excluding diaryl/α,β-unsaturated/α-hetero) is 1. The molecule has 0 radical (unpaired) electrons. The standard InChI is InChI=1S/C23H28OS/c1-22(2,20(24)18-12-7-5-8-13-18)16-11-17-23(3,4)21(25)19-14-9-6-10-15-19/h5-10,12-15H,11,16-17H2,1-4H3. The molecule has 0 unspecified atom stereocenters. The van der Waals surface area contributed by atoms with Gasteiger partial charge in [0.1, 0.15) is 0 Å².